The van der Waals surface area contributed by atoms with E-state index >= 15 is 0 Å². The van der Waals surface area contributed by atoms with E-state index in [1.807, 2.05) is 14.1 Å². The van der Waals surface area contributed by atoms with Crippen molar-refractivity contribution < 1.29 is 0 Å². The van der Waals surface area contributed by atoms with Gasteiger partial charge in [-0.15, -0.1) is 12.3 Å². The molecule has 0 aliphatic rings. The molecule has 0 heterocycles. The van der Waals surface area contributed by atoms with Crippen molar-refractivity contribution in [3.05, 3.63) is 12.3 Å². The van der Waals surface area contributed by atoms with Crippen molar-refractivity contribution in [3.8, 4) is 0 Å². The fraction of sp³-hybridized carbons (Fsp3) is 0.714. The van der Waals surface area contributed by atoms with Crippen molar-refractivity contribution >= 4 is 9.52 Å². The highest BCUT2D eigenvalue weighted by molar-refractivity contribution is 6.41. The number of hydrogen-bond acceptors (Lipinski definition) is 2. The second-order valence-electron chi connectivity index (χ2n) is 2.35. The molecule has 0 amide bonds. The molecule has 0 spiro atoms. The van der Waals surface area contributed by atoms with Gasteiger partial charge in [-0.3, -0.25) is 0 Å². The molecule has 60 valence electrons. The lowest BCUT2D eigenvalue weighted by molar-refractivity contribution is 0.481. The molecule has 0 saturated carbocycles. The summed E-state index contributed by atoms with van der Waals surface area (Å²) in [5.74, 6) is 0. The second-order valence-corrected chi connectivity index (χ2v) is 4.21. The standard InChI is InChI=1S/C7H18N2Si/c1-4-10-6-5-7(8-2)9-3/h4,7-9H,1,5-6,10H2,2-3H3. The molecular formula is C7H18N2Si. The number of hydrogen-bond donors (Lipinski definition) is 2. The molecule has 0 radical (unpaired) electrons. The quantitative estimate of drug-likeness (QED) is 0.320. The normalized spacial score (nSPS) is 11.5. The lowest BCUT2D eigenvalue weighted by Gasteiger charge is -2.13. The van der Waals surface area contributed by atoms with E-state index < -0.39 is 0 Å². The molecule has 0 aromatic carbocycles. The van der Waals surface area contributed by atoms with E-state index in [0.717, 1.165) is 0 Å². The third-order valence-corrected chi connectivity index (χ3v) is 2.82. The van der Waals surface area contributed by atoms with Crippen molar-refractivity contribution in [2.75, 3.05) is 14.1 Å². The van der Waals surface area contributed by atoms with Crippen LogP contribution in [0, 0.1) is 0 Å². The molecular weight excluding hydrogens is 140 g/mol. The number of rotatable bonds is 6. The average Bonchev–Trinajstić information content (AvgIpc) is 1.99. The summed E-state index contributed by atoms with van der Waals surface area (Å²) < 4.78 is 0. The maximum absolute atomic E-state index is 3.73. The van der Waals surface area contributed by atoms with Crippen LogP contribution in [0.15, 0.2) is 12.3 Å². The van der Waals surface area contributed by atoms with Gasteiger partial charge in [0, 0.05) is 9.52 Å². The molecule has 0 aliphatic carbocycles. The van der Waals surface area contributed by atoms with Crippen molar-refractivity contribution in [2.24, 2.45) is 0 Å². The van der Waals surface area contributed by atoms with Gasteiger partial charge in [0.25, 0.3) is 0 Å². The van der Waals surface area contributed by atoms with Gasteiger partial charge in [0.05, 0.1) is 6.17 Å². The summed E-state index contributed by atoms with van der Waals surface area (Å²) in [6, 6.07) is 1.34. The first-order valence-corrected chi connectivity index (χ1v) is 5.62. The molecule has 2 N–H and O–H groups in total. The Kier molecular flexibility index (Phi) is 6.90. The molecule has 0 atom stereocenters. The van der Waals surface area contributed by atoms with Crippen LogP contribution in [0.25, 0.3) is 0 Å². The van der Waals surface area contributed by atoms with Gasteiger partial charge in [-0.05, 0) is 20.5 Å². The van der Waals surface area contributed by atoms with Gasteiger partial charge in [-0.1, -0.05) is 6.04 Å². The van der Waals surface area contributed by atoms with Gasteiger partial charge < -0.3 is 10.6 Å². The van der Waals surface area contributed by atoms with Crippen LogP contribution in [0.1, 0.15) is 6.42 Å². The molecule has 3 heteroatoms. The summed E-state index contributed by atoms with van der Waals surface area (Å²) in [6.45, 7) is 3.73. The zero-order valence-corrected chi connectivity index (χ0v) is 8.40. The third kappa shape index (κ3) is 4.73. The van der Waals surface area contributed by atoms with Gasteiger partial charge in [0.2, 0.25) is 0 Å². The van der Waals surface area contributed by atoms with Gasteiger partial charge >= 0.3 is 0 Å². The van der Waals surface area contributed by atoms with Gasteiger partial charge in [-0.2, -0.15) is 0 Å². The zero-order chi connectivity index (χ0) is 7.82. The fourth-order valence-corrected chi connectivity index (χ4v) is 1.83. The van der Waals surface area contributed by atoms with Crippen LogP contribution in [0.5, 0.6) is 0 Å². The van der Waals surface area contributed by atoms with Crippen LogP contribution in [0.3, 0.4) is 0 Å². The highest BCUT2D eigenvalue weighted by atomic mass is 28.2. The highest BCUT2D eigenvalue weighted by Crippen LogP contribution is 1.92. The summed E-state index contributed by atoms with van der Waals surface area (Å²) in [6.07, 6.45) is 1.72. The topological polar surface area (TPSA) is 24.1 Å². The molecule has 0 fully saturated rings. The molecule has 0 aliphatic heterocycles. The molecule has 2 nitrogen and oxygen atoms in total. The zero-order valence-electron chi connectivity index (χ0n) is 6.98. The number of nitrogens with one attached hydrogen (secondary N) is 2. The Morgan fingerprint density at radius 3 is 2.50 bits per heavy atom. The summed E-state index contributed by atoms with van der Waals surface area (Å²) in [5.41, 5.74) is 2.10. The van der Waals surface area contributed by atoms with Crippen molar-refractivity contribution in [1.29, 1.82) is 0 Å². The Bertz CT molecular complexity index is 81.7. The maximum Gasteiger partial charge on any atom is 0.0563 e. The van der Waals surface area contributed by atoms with E-state index in [2.05, 4.69) is 22.9 Å². The molecule has 0 saturated heterocycles. The molecule has 10 heavy (non-hydrogen) atoms. The van der Waals surface area contributed by atoms with Crippen LogP contribution in [0.2, 0.25) is 6.04 Å². The largest absolute Gasteiger partial charge is 0.305 e. The van der Waals surface area contributed by atoms with Crippen molar-refractivity contribution in [2.45, 2.75) is 18.6 Å². The highest BCUT2D eigenvalue weighted by Gasteiger charge is 1.98. The summed E-state index contributed by atoms with van der Waals surface area (Å²) in [4.78, 5) is 0. The molecule has 0 aromatic heterocycles. The molecule has 0 unspecified atom stereocenters. The summed E-state index contributed by atoms with van der Waals surface area (Å²) in [5, 5.41) is 6.37. The Hall–Kier alpha value is -0.123. The van der Waals surface area contributed by atoms with Crippen LogP contribution < -0.4 is 10.6 Å². The van der Waals surface area contributed by atoms with Crippen molar-refractivity contribution in [1.82, 2.24) is 10.6 Å². The predicted octanol–water partition coefficient (Wildman–Crippen LogP) is -0.128. The van der Waals surface area contributed by atoms with E-state index in [9.17, 15) is 0 Å². The van der Waals surface area contributed by atoms with Gasteiger partial charge in [-0.25, -0.2) is 0 Å². The minimum atomic E-state index is 0.0442. The summed E-state index contributed by atoms with van der Waals surface area (Å²) >= 11 is 0. The van der Waals surface area contributed by atoms with Crippen molar-refractivity contribution in [3.63, 3.8) is 0 Å². The maximum atomic E-state index is 3.73. The minimum Gasteiger partial charge on any atom is -0.305 e. The van der Waals surface area contributed by atoms with Crippen LogP contribution >= 0.6 is 0 Å². The second kappa shape index (κ2) is 6.99. The molecule has 0 bridgehead atoms. The first kappa shape index (κ1) is 9.88. The van der Waals surface area contributed by atoms with Crippen LogP contribution in [-0.4, -0.2) is 29.8 Å². The van der Waals surface area contributed by atoms with Crippen LogP contribution in [-0.2, 0) is 0 Å². The first-order chi connectivity index (χ1) is 4.85. The van der Waals surface area contributed by atoms with Gasteiger partial charge in [0.1, 0.15) is 0 Å². The first-order valence-electron chi connectivity index (χ1n) is 3.80. The van der Waals surface area contributed by atoms with Crippen LogP contribution in [0.4, 0.5) is 0 Å². The average molecular weight is 158 g/mol. The Morgan fingerprint density at radius 1 is 1.50 bits per heavy atom. The van der Waals surface area contributed by atoms with E-state index in [1.165, 1.54) is 12.5 Å². The predicted molar refractivity (Wildman–Crippen MR) is 50.1 cm³/mol. The molecule has 0 aromatic rings. The Labute approximate surface area is 65.9 Å². The Balaban J connectivity index is 3.16. The smallest absolute Gasteiger partial charge is 0.0563 e. The lowest BCUT2D eigenvalue weighted by Crippen LogP contribution is -2.37. The van der Waals surface area contributed by atoms with Gasteiger partial charge in [0.15, 0.2) is 0 Å². The SMILES string of the molecule is C=C[SiH2]CCC(NC)NC. The van der Waals surface area contributed by atoms with E-state index in [-0.39, 0.29) is 9.52 Å². The van der Waals surface area contributed by atoms with E-state index in [1.54, 1.807) is 0 Å². The minimum absolute atomic E-state index is 0.0442. The van der Waals surface area contributed by atoms with E-state index in [0.29, 0.717) is 6.17 Å². The van der Waals surface area contributed by atoms with E-state index in [4.69, 9.17) is 0 Å². The fourth-order valence-electron chi connectivity index (χ4n) is 0.899. The Morgan fingerprint density at radius 2 is 2.10 bits per heavy atom. The lowest BCUT2D eigenvalue weighted by atomic mass is 10.4. The third-order valence-electron chi connectivity index (χ3n) is 1.60. The molecule has 0 rings (SSSR count). The monoisotopic (exact) mass is 158 g/mol. The summed E-state index contributed by atoms with van der Waals surface area (Å²) in [7, 11) is 4.01.